The summed E-state index contributed by atoms with van der Waals surface area (Å²) in [6, 6.07) is 15.9. The first-order valence-corrected chi connectivity index (χ1v) is 9.14. The second-order valence-corrected chi connectivity index (χ2v) is 6.43. The Labute approximate surface area is 162 Å². The lowest BCUT2D eigenvalue weighted by molar-refractivity contribution is -0.145. The van der Waals surface area contributed by atoms with Crippen LogP contribution in [0.1, 0.15) is 12.5 Å². The number of aromatic nitrogens is 2. The first-order valence-electron chi connectivity index (χ1n) is 9.14. The number of benzene rings is 2. The third kappa shape index (κ3) is 3.98. The lowest BCUT2D eigenvalue weighted by Gasteiger charge is -2.17. The molecule has 1 heterocycles. The van der Waals surface area contributed by atoms with E-state index in [0.29, 0.717) is 18.5 Å². The predicted octanol–water partition coefficient (Wildman–Crippen LogP) is 1.72. The number of aryl methyl sites for hydroxylation is 1. The maximum absolute atomic E-state index is 12.7. The fraction of sp³-hybridized carbons (Fsp3) is 0.286. The predicted molar refractivity (Wildman–Crippen MR) is 106 cm³/mol. The smallest absolute Gasteiger partial charge is 0.329 e. The summed E-state index contributed by atoms with van der Waals surface area (Å²) in [7, 11) is 1.28. The molecule has 0 fully saturated rings. The number of hydrogen-bond acceptors (Lipinski definition) is 4. The Balaban J connectivity index is 1.82. The third-order valence-corrected chi connectivity index (χ3v) is 4.65. The molecule has 3 aromatic rings. The number of imidazole rings is 1. The highest BCUT2D eigenvalue weighted by Crippen LogP contribution is 2.12. The highest BCUT2D eigenvalue weighted by Gasteiger charge is 2.23. The Morgan fingerprint density at radius 1 is 1.00 bits per heavy atom. The molecule has 7 heteroatoms. The largest absolute Gasteiger partial charge is 0.467 e. The summed E-state index contributed by atoms with van der Waals surface area (Å²) in [6.07, 6.45) is 0.310. The molecule has 1 amide bonds. The van der Waals surface area contributed by atoms with Crippen molar-refractivity contribution in [1.29, 1.82) is 0 Å². The molecule has 28 heavy (non-hydrogen) atoms. The Bertz CT molecular complexity index is 1040. The normalized spacial score (nSPS) is 11.9. The molecule has 0 saturated carbocycles. The minimum absolute atomic E-state index is 0.172. The van der Waals surface area contributed by atoms with Gasteiger partial charge in [-0.3, -0.25) is 13.9 Å². The van der Waals surface area contributed by atoms with Crippen molar-refractivity contribution >= 4 is 22.9 Å². The molecule has 146 valence electrons. The van der Waals surface area contributed by atoms with Crippen LogP contribution in [0.4, 0.5) is 0 Å². The molecule has 0 aliphatic heterocycles. The number of esters is 1. The number of ether oxygens (including phenoxy) is 1. The summed E-state index contributed by atoms with van der Waals surface area (Å²) in [5, 5.41) is 2.70. The average molecular weight is 381 g/mol. The molecule has 7 nitrogen and oxygen atoms in total. The molecule has 1 aromatic heterocycles. The molecule has 0 spiro atoms. The molecule has 0 aliphatic rings. The Kier molecular flexibility index (Phi) is 5.93. The van der Waals surface area contributed by atoms with Gasteiger partial charge in [0.25, 0.3) is 0 Å². The van der Waals surface area contributed by atoms with Gasteiger partial charge in [-0.15, -0.1) is 0 Å². The van der Waals surface area contributed by atoms with Gasteiger partial charge < -0.3 is 10.1 Å². The van der Waals surface area contributed by atoms with Gasteiger partial charge in [0.05, 0.1) is 18.1 Å². The first kappa shape index (κ1) is 19.4. The summed E-state index contributed by atoms with van der Waals surface area (Å²) in [5.41, 5.74) is 2.10. The summed E-state index contributed by atoms with van der Waals surface area (Å²) in [6.45, 7) is 2.22. The molecule has 0 radical (unpaired) electrons. The summed E-state index contributed by atoms with van der Waals surface area (Å²) in [5.74, 6) is -0.951. The van der Waals surface area contributed by atoms with Crippen LogP contribution < -0.4 is 11.0 Å². The van der Waals surface area contributed by atoms with E-state index in [1.165, 1.54) is 11.7 Å². The number of methoxy groups -OCH3 is 1. The van der Waals surface area contributed by atoms with Crippen LogP contribution in [-0.2, 0) is 33.8 Å². The van der Waals surface area contributed by atoms with E-state index in [2.05, 4.69) is 5.32 Å². The van der Waals surface area contributed by atoms with Gasteiger partial charge in [0.1, 0.15) is 12.6 Å². The molecule has 2 aromatic carbocycles. The number of rotatable bonds is 7. The van der Waals surface area contributed by atoms with Crippen molar-refractivity contribution in [1.82, 2.24) is 14.5 Å². The molecule has 1 N–H and O–H groups in total. The van der Waals surface area contributed by atoms with E-state index in [1.807, 2.05) is 55.5 Å². The van der Waals surface area contributed by atoms with Gasteiger partial charge in [0, 0.05) is 13.0 Å². The maximum atomic E-state index is 12.7. The number of nitrogens with zero attached hydrogens (tertiary/aromatic N) is 2. The highest BCUT2D eigenvalue weighted by molar-refractivity contribution is 5.86. The van der Waals surface area contributed by atoms with E-state index in [9.17, 15) is 14.4 Å². The molecule has 0 bridgehead atoms. The highest BCUT2D eigenvalue weighted by atomic mass is 16.5. The zero-order valence-electron chi connectivity index (χ0n) is 15.9. The van der Waals surface area contributed by atoms with E-state index >= 15 is 0 Å². The second kappa shape index (κ2) is 8.56. The lowest BCUT2D eigenvalue weighted by atomic mass is 10.1. The van der Waals surface area contributed by atoms with Gasteiger partial charge in [-0.2, -0.15) is 0 Å². The van der Waals surface area contributed by atoms with Crippen molar-refractivity contribution in [2.24, 2.45) is 0 Å². The van der Waals surface area contributed by atoms with Gasteiger partial charge >= 0.3 is 11.7 Å². The minimum atomic E-state index is -0.824. The van der Waals surface area contributed by atoms with E-state index < -0.39 is 17.9 Å². The molecule has 0 unspecified atom stereocenters. The molecule has 0 saturated heterocycles. The topological polar surface area (TPSA) is 82.3 Å². The number of amides is 1. The van der Waals surface area contributed by atoms with Crippen molar-refractivity contribution in [3.8, 4) is 0 Å². The van der Waals surface area contributed by atoms with Crippen molar-refractivity contribution in [2.45, 2.75) is 32.5 Å². The van der Waals surface area contributed by atoms with Crippen LogP contribution >= 0.6 is 0 Å². The van der Waals surface area contributed by atoms with Gasteiger partial charge in [-0.25, -0.2) is 9.59 Å². The molecular weight excluding hydrogens is 358 g/mol. The van der Waals surface area contributed by atoms with Crippen LogP contribution in [0.3, 0.4) is 0 Å². The van der Waals surface area contributed by atoms with E-state index in [4.69, 9.17) is 4.74 Å². The van der Waals surface area contributed by atoms with Gasteiger partial charge in [0.15, 0.2) is 0 Å². The van der Waals surface area contributed by atoms with Gasteiger partial charge in [-0.1, -0.05) is 42.5 Å². The van der Waals surface area contributed by atoms with Crippen LogP contribution in [-0.4, -0.2) is 34.2 Å². The molecule has 0 aliphatic carbocycles. The van der Waals surface area contributed by atoms with Crippen molar-refractivity contribution in [3.05, 3.63) is 70.6 Å². The van der Waals surface area contributed by atoms with Crippen molar-refractivity contribution in [3.63, 3.8) is 0 Å². The number of fused-ring (bicyclic) bond motifs is 1. The monoisotopic (exact) mass is 381 g/mol. The van der Waals surface area contributed by atoms with Crippen LogP contribution in [0, 0.1) is 0 Å². The minimum Gasteiger partial charge on any atom is -0.467 e. The van der Waals surface area contributed by atoms with Crippen LogP contribution in [0.5, 0.6) is 0 Å². The summed E-state index contributed by atoms with van der Waals surface area (Å²) < 4.78 is 7.86. The summed E-state index contributed by atoms with van der Waals surface area (Å²) >= 11 is 0. The Morgan fingerprint density at radius 2 is 1.61 bits per heavy atom. The fourth-order valence-corrected chi connectivity index (χ4v) is 3.30. The van der Waals surface area contributed by atoms with Crippen molar-refractivity contribution in [2.75, 3.05) is 7.11 Å². The number of carbonyl (C=O) groups is 2. The number of nitrogens with one attached hydrogen (secondary N) is 1. The van der Waals surface area contributed by atoms with Crippen LogP contribution in [0.25, 0.3) is 11.0 Å². The lowest BCUT2D eigenvalue weighted by Crippen LogP contribution is -2.45. The zero-order valence-corrected chi connectivity index (χ0v) is 15.9. The average Bonchev–Trinajstić information content (AvgIpc) is 2.98. The third-order valence-electron chi connectivity index (χ3n) is 4.65. The van der Waals surface area contributed by atoms with Crippen LogP contribution in [0.2, 0.25) is 0 Å². The summed E-state index contributed by atoms with van der Waals surface area (Å²) in [4.78, 5) is 37.4. The SMILES string of the molecule is CCn1c(=O)n(CC(=O)N[C@@H](Cc2ccccc2)C(=O)OC)c2ccccc21. The van der Waals surface area contributed by atoms with Crippen LogP contribution in [0.15, 0.2) is 59.4 Å². The fourth-order valence-electron chi connectivity index (χ4n) is 3.30. The van der Waals surface area contributed by atoms with Crippen molar-refractivity contribution < 1.29 is 14.3 Å². The number of carbonyl (C=O) groups excluding carboxylic acids is 2. The molecular formula is C21H23N3O4. The first-order chi connectivity index (χ1) is 13.5. The maximum Gasteiger partial charge on any atom is 0.329 e. The van der Waals surface area contributed by atoms with E-state index in [-0.39, 0.29) is 12.2 Å². The Morgan fingerprint density at radius 3 is 2.21 bits per heavy atom. The van der Waals surface area contributed by atoms with Gasteiger partial charge in [-0.05, 0) is 24.6 Å². The number of para-hydroxylation sites is 2. The van der Waals surface area contributed by atoms with E-state index in [0.717, 1.165) is 11.1 Å². The van der Waals surface area contributed by atoms with E-state index in [1.54, 1.807) is 10.6 Å². The number of hydrogen-bond donors (Lipinski definition) is 1. The molecule has 3 rings (SSSR count). The zero-order chi connectivity index (χ0) is 20.1. The quantitative estimate of drug-likeness (QED) is 0.632. The van der Waals surface area contributed by atoms with Gasteiger partial charge in [0.2, 0.25) is 5.91 Å². The molecule has 1 atom stereocenters. The Hall–Kier alpha value is -3.35. The second-order valence-electron chi connectivity index (χ2n) is 6.43. The standard InChI is InChI=1S/C21H23N3O4/c1-3-23-17-11-7-8-12-18(17)24(21(23)27)14-19(25)22-16(20(26)28-2)13-15-9-5-4-6-10-15/h4-12,16H,3,13-14H2,1-2H3,(H,22,25)/t16-/m0/s1.